The summed E-state index contributed by atoms with van der Waals surface area (Å²) >= 11 is 0. The van der Waals surface area contributed by atoms with E-state index >= 15 is 0 Å². The number of hydrogen-bond donors (Lipinski definition) is 0. The molecule has 0 bridgehead atoms. The third kappa shape index (κ3) is 2.96. The third-order valence-corrected chi connectivity index (χ3v) is 3.48. The molecular formula is C12H25NO. The molecule has 84 valence electrons. The summed E-state index contributed by atoms with van der Waals surface area (Å²) in [5.74, 6) is 1.57. The van der Waals surface area contributed by atoms with Gasteiger partial charge in [0.2, 0.25) is 0 Å². The summed E-state index contributed by atoms with van der Waals surface area (Å²) in [6.45, 7) is 11.5. The first-order chi connectivity index (χ1) is 6.54. The third-order valence-electron chi connectivity index (χ3n) is 3.48. The van der Waals surface area contributed by atoms with Gasteiger partial charge in [0.25, 0.3) is 0 Å². The summed E-state index contributed by atoms with van der Waals surface area (Å²) in [7, 11) is 1.84. The Hall–Kier alpha value is -0.0800. The molecule has 2 atom stereocenters. The SMILES string of the molecule is COC1CC(C(C)C)CN(C(C)C)C1. The molecule has 2 heteroatoms. The van der Waals surface area contributed by atoms with E-state index in [9.17, 15) is 0 Å². The van der Waals surface area contributed by atoms with Gasteiger partial charge in [0, 0.05) is 26.2 Å². The smallest absolute Gasteiger partial charge is 0.0701 e. The maximum Gasteiger partial charge on any atom is 0.0701 e. The second-order valence-electron chi connectivity index (χ2n) is 5.15. The molecule has 0 aromatic carbocycles. The lowest BCUT2D eigenvalue weighted by Gasteiger charge is -2.40. The van der Waals surface area contributed by atoms with E-state index in [0.29, 0.717) is 12.1 Å². The van der Waals surface area contributed by atoms with Gasteiger partial charge in [-0.1, -0.05) is 13.8 Å². The zero-order valence-electron chi connectivity index (χ0n) is 10.3. The number of piperidine rings is 1. The van der Waals surface area contributed by atoms with Crippen LogP contribution in [0, 0.1) is 11.8 Å². The summed E-state index contributed by atoms with van der Waals surface area (Å²) in [6.07, 6.45) is 1.68. The molecule has 1 rings (SSSR count). The average molecular weight is 199 g/mol. The predicted octanol–water partition coefficient (Wildman–Crippen LogP) is 2.39. The fourth-order valence-corrected chi connectivity index (χ4v) is 2.20. The molecule has 1 aliphatic heterocycles. The Balaban J connectivity index is 2.56. The fourth-order valence-electron chi connectivity index (χ4n) is 2.20. The van der Waals surface area contributed by atoms with Crippen molar-refractivity contribution in [2.24, 2.45) is 11.8 Å². The van der Waals surface area contributed by atoms with Crippen LogP contribution in [0.1, 0.15) is 34.1 Å². The first-order valence-electron chi connectivity index (χ1n) is 5.81. The standard InChI is InChI=1S/C12H25NO/c1-9(2)11-6-12(14-5)8-13(7-11)10(3)4/h9-12H,6-8H2,1-5H3. The first kappa shape index (κ1) is 12.0. The summed E-state index contributed by atoms with van der Waals surface area (Å²) < 4.78 is 5.51. The zero-order valence-corrected chi connectivity index (χ0v) is 10.3. The number of methoxy groups -OCH3 is 1. The highest BCUT2D eigenvalue weighted by Crippen LogP contribution is 2.26. The van der Waals surface area contributed by atoms with Crippen LogP contribution >= 0.6 is 0 Å². The van der Waals surface area contributed by atoms with Crippen molar-refractivity contribution in [3.63, 3.8) is 0 Å². The maximum absolute atomic E-state index is 5.51. The van der Waals surface area contributed by atoms with E-state index in [1.807, 2.05) is 7.11 Å². The van der Waals surface area contributed by atoms with Crippen LogP contribution in [-0.2, 0) is 4.74 Å². The summed E-state index contributed by atoms with van der Waals surface area (Å²) in [5.41, 5.74) is 0. The highest BCUT2D eigenvalue weighted by Gasteiger charge is 2.29. The van der Waals surface area contributed by atoms with Crippen LogP contribution in [-0.4, -0.2) is 37.2 Å². The molecule has 2 unspecified atom stereocenters. The van der Waals surface area contributed by atoms with Gasteiger partial charge in [-0.2, -0.15) is 0 Å². The van der Waals surface area contributed by atoms with Crippen LogP contribution in [0.2, 0.25) is 0 Å². The van der Waals surface area contributed by atoms with Crippen LogP contribution in [0.15, 0.2) is 0 Å². The lowest BCUT2D eigenvalue weighted by Crippen LogP contribution is -2.48. The molecule has 1 heterocycles. The van der Waals surface area contributed by atoms with Gasteiger partial charge in [0.05, 0.1) is 6.10 Å². The second kappa shape index (κ2) is 5.13. The van der Waals surface area contributed by atoms with Crippen molar-refractivity contribution >= 4 is 0 Å². The number of hydrogen-bond acceptors (Lipinski definition) is 2. The van der Waals surface area contributed by atoms with E-state index in [0.717, 1.165) is 18.4 Å². The topological polar surface area (TPSA) is 12.5 Å². The minimum absolute atomic E-state index is 0.443. The minimum Gasteiger partial charge on any atom is -0.380 e. The summed E-state index contributed by atoms with van der Waals surface area (Å²) in [6, 6.07) is 0.647. The molecule has 0 aromatic rings. The van der Waals surface area contributed by atoms with Crippen LogP contribution in [0.4, 0.5) is 0 Å². The fraction of sp³-hybridized carbons (Fsp3) is 1.00. The number of rotatable bonds is 3. The van der Waals surface area contributed by atoms with Gasteiger partial charge in [-0.25, -0.2) is 0 Å². The van der Waals surface area contributed by atoms with E-state index in [1.165, 1.54) is 13.0 Å². The quantitative estimate of drug-likeness (QED) is 0.692. The van der Waals surface area contributed by atoms with Gasteiger partial charge >= 0.3 is 0 Å². The van der Waals surface area contributed by atoms with Crippen molar-refractivity contribution in [2.75, 3.05) is 20.2 Å². The Morgan fingerprint density at radius 1 is 1.14 bits per heavy atom. The highest BCUT2D eigenvalue weighted by molar-refractivity contribution is 4.82. The molecule has 1 aliphatic rings. The normalized spacial score (nSPS) is 30.2. The first-order valence-corrected chi connectivity index (χ1v) is 5.81. The largest absolute Gasteiger partial charge is 0.380 e. The van der Waals surface area contributed by atoms with Crippen molar-refractivity contribution in [2.45, 2.75) is 46.3 Å². The monoisotopic (exact) mass is 199 g/mol. The lowest BCUT2D eigenvalue weighted by atomic mass is 9.86. The van der Waals surface area contributed by atoms with E-state index in [-0.39, 0.29) is 0 Å². The molecule has 0 aromatic heterocycles. The Labute approximate surface area is 88.6 Å². The molecule has 0 saturated carbocycles. The van der Waals surface area contributed by atoms with Gasteiger partial charge in [-0.3, -0.25) is 4.90 Å². The van der Waals surface area contributed by atoms with Gasteiger partial charge in [-0.05, 0) is 32.1 Å². The van der Waals surface area contributed by atoms with E-state index < -0.39 is 0 Å². The van der Waals surface area contributed by atoms with Crippen molar-refractivity contribution in [3.05, 3.63) is 0 Å². The van der Waals surface area contributed by atoms with Gasteiger partial charge in [0.1, 0.15) is 0 Å². The molecule has 0 N–H and O–H groups in total. The molecule has 0 amide bonds. The van der Waals surface area contributed by atoms with Crippen LogP contribution < -0.4 is 0 Å². The summed E-state index contributed by atoms with van der Waals surface area (Å²) in [4.78, 5) is 2.54. The molecule has 0 aliphatic carbocycles. The average Bonchev–Trinajstić information content (AvgIpc) is 2.16. The molecule has 1 saturated heterocycles. The van der Waals surface area contributed by atoms with Gasteiger partial charge in [-0.15, -0.1) is 0 Å². The molecular weight excluding hydrogens is 174 g/mol. The van der Waals surface area contributed by atoms with Gasteiger partial charge < -0.3 is 4.74 Å². The Morgan fingerprint density at radius 3 is 2.21 bits per heavy atom. The molecule has 14 heavy (non-hydrogen) atoms. The lowest BCUT2D eigenvalue weighted by molar-refractivity contribution is -0.0139. The van der Waals surface area contributed by atoms with Crippen molar-refractivity contribution in [1.29, 1.82) is 0 Å². The Kier molecular flexibility index (Phi) is 4.39. The van der Waals surface area contributed by atoms with Crippen LogP contribution in [0.5, 0.6) is 0 Å². The Morgan fingerprint density at radius 2 is 1.79 bits per heavy atom. The van der Waals surface area contributed by atoms with E-state index in [4.69, 9.17) is 4.74 Å². The van der Waals surface area contributed by atoms with E-state index in [1.54, 1.807) is 0 Å². The number of ether oxygens (including phenoxy) is 1. The predicted molar refractivity (Wildman–Crippen MR) is 60.5 cm³/mol. The van der Waals surface area contributed by atoms with Crippen molar-refractivity contribution in [3.8, 4) is 0 Å². The zero-order chi connectivity index (χ0) is 10.7. The highest BCUT2D eigenvalue weighted by atomic mass is 16.5. The minimum atomic E-state index is 0.443. The maximum atomic E-state index is 5.51. The molecule has 1 fully saturated rings. The van der Waals surface area contributed by atoms with Crippen molar-refractivity contribution < 1.29 is 4.74 Å². The number of likely N-dealkylation sites (tertiary alicyclic amines) is 1. The van der Waals surface area contributed by atoms with Crippen LogP contribution in [0.25, 0.3) is 0 Å². The summed E-state index contributed by atoms with van der Waals surface area (Å²) in [5, 5.41) is 0. The van der Waals surface area contributed by atoms with E-state index in [2.05, 4.69) is 32.6 Å². The molecule has 0 radical (unpaired) electrons. The molecule has 0 spiro atoms. The van der Waals surface area contributed by atoms with Crippen molar-refractivity contribution in [1.82, 2.24) is 4.90 Å². The van der Waals surface area contributed by atoms with Crippen LogP contribution in [0.3, 0.4) is 0 Å². The molecule has 2 nitrogen and oxygen atoms in total. The number of nitrogens with zero attached hydrogens (tertiary/aromatic N) is 1. The second-order valence-corrected chi connectivity index (χ2v) is 5.15. The Bertz CT molecular complexity index is 152. The van der Waals surface area contributed by atoms with Gasteiger partial charge in [0.15, 0.2) is 0 Å².